The molecule has 0 aliphatic carbocycles. The average molecular weight is 723 g/mol. The maximum Gasteiger partial charge on any atom is 0.337 e. The zero-order valence-corrected chi connectivity index (χ0v) is 31.3. The number of aliphatic hydroxyl groups excluding tert-OH is 2. The number of methoxy groups -OCH3 is 1. The van der Waals surface area contributed by atoms with Crippen LogP contribution in [0.2, 0.25) is 0 Å². The maximum absolute atomic E-state index is 13.4. The molecule has 4 aliphatic heterocycles. The van der Waals surface area contributed by atoms with Gasteiger partial charge in [0.25, 0.3) is 0 Å². The first-order valence-corrected chi connectivity index (χ1v) is 19.0. The van der Waals surface area contributed by atoms with Gasteiger partial charge in [0.1, 0.15) is 6.10 Å². The molecule has 3 N–H and O–H groups in total. The Morgan fingerprint density at radius 1 is 1.04 bits per heavy atom. The van der Waals surface area contributed by atoms with Gasteiger partial charge in [-0.3, -0.25) is 4.79 Å². The molecule has 4 heterocycles. The molecule has 0 spiro atoms. The summed E-state index contributed by atoms with van der Waals surface area (Å²) in [7, 11) is 1.21. The first-order valence-electron chi connectivity index (χ1n) is 19.0. The van der Waals surface area contributed by atoms with Gasteiger partial charge in [-0.25, -0.2) is 4.79 Å². The summed E-state index contributed by atoms with van der Waals surface area (Å²) in [5.41, 5.74) is -1.39. The van der Waals surface area contributed by atoms with Crippen LogP contribution in [0.3, 0.4) is 0 Å². The maximum atomic E-state index is 13.4. The zero-order valence-electron chi connectivity index (χ0n) is 31.3. The van der Waals surface area contributed by atoms with Crippen LogP contribution < -0.4 is 0 Å². The van der Waals surface area contributed by atoms with Crippen LogP contribution in [0.4, 0.5) is 0 Å². The summed E-state index contributed by atoms with van der Waals surface area (Å²) in [5, 5.41) is 34.4. The van der Waals surface area contributed by atoms with E-state index in [1.165, 1.54) is 13.2 Å². The molecule has 4 rings (SSSR count). The van der Waals surface area contributed by atoms with Crippen LogP contribution in [0.25, 0.3) is 0 Å². The molecule has 0 aromatic carbocycles. The molecular weight excluding hydrogens is 660 g/mol. The van der Waals surface area contributed by atoms with Crippen molar-refractivity contribution in [2.24, 2.45) is 5.41 Å². The highest BCUT2D eigenvalue weighted by molar-refractivity contribution is 5.90. The Balaban J connectivity index is 1.70. The predicted octanol–water partition coefficient (Wildman–Crippen LogP) is 5.31. The van der Waals surface area contributed by atoms with E-state index in [0.717, 1.165) is 44.9 Å². The van der Waals surface area contributed by atoms with Crippen LogP contribution >= 0.6 is 0 Å². The van der Waals surface area contributed by atoms with Crippen molar-refractivity contribution in [3.63, 3.8) is 0 Å². The predicted molar refractivity (Wildman–Crippen MR) is 188 cm³/mol. The lowest BCUT2D eigenvalue weighted by atomic mass is 9.75. The highest BCUT2D eigenvalue weighted by Crippen LogP contribution is 2.45. The minimum Gasteiger partial charge on any atom is -0.492 e. The molecule has 51 heavy (non-hydrogen) atoms. The van der Waals surface area contributed by atoms with E-state index in [0.29, 0.717) is 32.3 Å². The first kappa shape index (κ1) is 41.4. The summed E-state index contributed by atoms with van der Waals surface area (Å²) in [5.74, 6) is -3.40. The number of carbonyl (C=O) groups excluding carboxylic acids is 2. The lowest BCUT2D eigenvalue weighted by Gasteiger charge is -2.49. The highest BCUT2D eigenvalue weighted by atomic mass is 16.7. The third kappa shape index (κ3) is 11.6. The van der Waals surface area contributed by atoms with Gasteiger partial charge in [0.2, 0.25) is 5.79 Å². The molecule has 4 aliphatic rings. The Morgan fingerprint density at radius 3 is 2.45 bits per heavy atom. The van der Waals surface area contributed by atoms with Gasteiger partial charge >= 0.3 is 11.9 Å². The molecule has 10 atom stereocenters. The second-order valence-corrected chi connectivity index (χ2v) is 15.2. The number of hydrogen-bond donors (Lipinski definition) is 3. The standard InChI is InChI=1S/C39H62O12/c1-7-8-9-10-11-15-34(42)50-36-32(37(43)45-6)23-31-24-33(26(3)40)47-25(2)20-27(41)21-28-13-12-14-29(48-28)22-30-17-19-46-35(49-30)16-18-38(4,5)39(36,44)51-31/h16,18,23,26-31,33,35-36,40-41,44H,2,7-15,17,19-22,24H2,1,3-6H3/b18-16+/t26?,27-,28-,29+,30-,31?,33+,35-,36-,39?/m0/s1. The molecule has 0 radical (unpaired) electrons. The van der Waals surface area contributed by atoms with E-state index in [1.807, 2.05) is 0 Å². The molecular formula is C39H62O12. The van der Waals surface area contributed by atoms with Gasteiger partial charge in [-0.1, -0.05) is 59.1 Å². The van der Waals surface area contributed by atoms with Gasteiger partial charge in [-0.15, -0.1) is 0 Å². The van der Waals surface area contributed by atoms with Crippen LogP contribution in [-0.4, -0.2) is 102 Å². The summed E-state index contributed by atoms with van der Waals surface area (Å²) in [6.45, 7) is 11.6. The second-order valence-electron chi connectivity index (χ2n) is 15.2. The Kier molecular flexibility index (Phi) is 15.5. The third-order valence-corrected chi connectivity index (χ3v) is 10.4. The summed E-state index contributed by atoms with van der Waals surface area (Å²) >= 11 is 0. The molecule has 290 valence electrons. The Labute approximate surface area is 303 Å². The number of fused-ring (bicyclic) bond motifs is 6. The number of esters is 2. The molecule has 6 bridgehead atoms. The lowest BCUT2D eigenvalue weighted by Crippen LogP contribution is -2.62. The topological polar surface area (TPSA) is 159 Å². The number of rotatable bonds is 9. The summed E-state index contributed by atoms with van der Waals surface area (Å²) < 4.78 is 42.2. The second kappa shape index (κ2) is 19.1. The van der Waals surface area contributed by atoms with Crippen molar-refractivity contribution >= 4 is 11.9 Å². The Bertz CT molecular complexity index is 1210. The van der Waals surface area contributed by atoms with Gasteiger partial charge in [0.05, 0.1) is 61.7 Å². The van der Waals surface area contributed by atoms with E-state index in [4.69, 9.17) is 33.2 Å². The van der Waals surface area contributed by atoms with E-state index in [1.54, 1.807) is 32.9 Å². The van der Waals surface area contributed by atoms with Gasteiger partial charge in [0.15, 0.2) is 12.4 Å². The molecule has 0 saturated carbocycles. The van der Waals surface area contributed by atoms with Gasteiger partial charge in [-0.05, 0) is 64.0 Å². The van der Waals surface area contributed by atoms with Crippen molar-refractivity contribution in [3.05, 3.63) is 36.1 Å². The van der Waals surface area contributed by atoms with Crippen LogP contribution in [0.1, 0.15) is 118 Å². The van der Waals surface area contributed by atoms with E-state index in [9.17, 15) is 24.9 Å². The fourth-order valence-electron chi connectivity index (χ4n) is 7.36. The fourth-order valence-corrected chi connectivity index (χ4v) is 7.36. The highest BCUT2D eigenvalue weighted by Gasteiger charge is 2.58. The van der Waals surface area contributed by atoms with Crippen molar-refractivity contribution < 1.29 is 58.1 Å². The van der Waals surface area contributed by atoms with Crippen molar-refractivity contribution in [2.45, 2.75) is 178 Å². The Hall–Kier alpha value is -2.32. The van der Waals surface area contributed by atoms with E-state index >= 15 is 0 Å². The van der Waals surface area contributed by atoms with E-state index < -0.39 is 60.0 Å². The molecule has 2 fully saturated rings. The number of unbranched alkanes of at least 4 members (excludes halogenated alkanes) is 4. The van der Waals surface area contributed by atoms with E-state index in [-0.39, 0.29) is 48.9 Å². The normalized spacial score (nSPS) is 36.1. The number of ether oxygens (including phenoxy) is 7. The van der Waals surface area contributed by atoms with E-state index in [2.05, 4.69) is 13.5 Å². The molecule has 0 aromatic rings. The SMILES string of the molecule is C=C1C[C@H](O)C[C@@H]2CCC[C@H](C[C@@H]3CCO[C@H](/C=C/C(C)(C)C4(O)OC(C=C(C(=O)OC)[C@@H]4OC(=O)CCCCCCC)C[C@H](C(C)O)O1)O3)O2. The molecule has 0 amide bonds. The molecule has 2 saturated heterocycles. The van der Waals surface area contributed by atoms with Crippen molar-refractivity contribution in [3.8, 4) is 0 Å². The summed E-state index contributed by atoms with van der Waals surface area (Å²) in [4.78, 5) is 26.6. The monoisotopic (exact) mass is 722 g/mol. The first-order chi connectivity index (χ1) is 24.2. The van der Waals surface area contributed by atoms with Crippen molar-refractivity contribution in [1.29, 1.82) is 0 Å². The number of aliphatic hydroxyl groups is 3. The smallest absolute Gasteiger partial charge is 0.337 e. The van der Waals surface area contributed by atoms with Gasteiger partial charge in [0, 0.05) is 24.7 Å². The molecule has 12 nitrogen and oxygen atoms in total. The largest absolute Gasteiger partial charge is 0.492 e. The number of carbonyl (C=O) groups is 2. The number of hydrogen-bond acceptors (Lipinski definition) is 12. The quantitative estimate of drug-likeness (QED) is 0.160. The summed E-state index contributed by atoms with van der Waals surface area (Å²) in [6.07, 6.45) is 7.94. The molecule has 0 aromatic heterocycles. The van der Waals surface area contributed by atoms with Gasteiger partial charge in [-0.2, -0.15) is 0 Å². The average Bonchev–Trinajstić information content (AvgIpc) is 3.07. The van der Waals surface area contributed by atoms with Gasteiger partial charge < -0.3 is 48.5 Å². The summed E-state index contributed by atoms with van der Waals surface area (Å²) in [6, 6.07) is 0. The lowest BCUT2D eigenvalue weighted by molar-refractivity contribution is -0.315. The molecule has 12 heteroatoms. The molecule has 3 unspecified atom stereocenters. The zero-order chi connectivity index (χ0) is 37.2. The van der Waals surface area contributed by atoms with Crippen molar-refractivity contribution in [2.75, 3.05) is 13.7 Å². The fraction of sp³-hybridized carbons (Fsp3) is 0.795. The Morgan fingerprint density at radius 2 is 1.75 bits per heavy atom. The van der Waals surface area contributed by atoms with Crippen molar-refractivity contribution in [1.82, 2.24) is 0 Å². The third-order valence-electron chi connectivity index (χ3n) is 10.4. The minimum atomic E-state index is -2.29. The van der Waals surface area contributed by atoms with Crippen LogP contribution in [0.15, 0.2) is 36.1 Å². The minimum absolute atomic E-state index is 0.0164. The van der Waals surface area contributed by atoms with Crippen LogP contribution in [0.5, 0.6) is 0 Å². The van der Waals surface area contributed by atoms with Crippen LogP contribution in [0, 0.1) is 5.41 Å². The van der Waals surface area contributed by atoms with Crippen LogP contribution in [-0.2, 0) is 42.7 Å².